The van der Waals surface area contributed by atoms with Gasteiger partial charge in [-0.1, -0.05) is 48.0 Å². The van der Waals surface area contributed by atoms with Crippen molar-refractivity contribution in [3.05, 3.63) is 65.2 Å². The maximum Gasteiger partial charge on any atom is 0.411 e. The highest BCUT2D eigenvalue weighted by Gasteiger charge is 2.14. The molecule has 0 fully saturated rings. The van der Waals surface area contributed by atoms with Crippen LogP contribution in [0.4, 0.5) is 10.5 Å². The van der Waals surface area contributed by atoms with E-state index in [4.69, 9.17) is 5.73 Å². The molecule has 0 aromatic heterocycles. The Bertz CT molecular complexity index is 611. The Morgan fingerprint density at radius 3 is 2.65 bits per heavy atom. The van der Waals surface area contributed by atoms with Crippen LogP contribution in [0, 0.1) is 6.92 Å². The second kappa shape index (κ2) is 6.21. The van der Waals surface area contributed by atoms with Gasteiger partial charge in [-0.25, -0.2) is 4.79 Å². The lowest BCUT2D eigenvalue weighted by Crippen LogP contribution is -2.17. The lowest BCUT2D eigenvalue weighted by Gasteiger charge is -2.17. The van der Waals surface area contributed by atoms with E-state index in [1.165, 1.54) is 7.11 Å². The van der Waals surface area contributed by atoms with E-state index in [1.54, 1.807) is 0 Å². The van der Waals surface area contributed by atoms with E-state index in [-0.39, 0.29) is 6.04 Å². The molecule has 2 rings (SSSR count). The van der Waals surface area contributed by atoms with Crippen molar-refractivity contribution in [1.29, 1.82) is 0 Å². The van der Waals surface area contributed by atoms with Crippen molar-refractivity contribution in [2.75, 3.05) is 12.4 Å². The zero-order chi connectivity index (χ0) is 14.5. The normalized spacial score (nSPS) is 11.8. The third-order valence-electron chi connectivity index (χ3n) is 3.12. The molecule has 0 aliphatic heterocycles. The van der Waals surface area contributed by atoms with Gasteiger partial charge in [0.15, 0.2) is 0 Å². The maximum atomic E-state index is 11.4. The first-order valence-electron chi connectivity index (χ1n) is 6.38. The Morgan fingerprint density at radius 2 is 1.95 bits per heavy atom. The first-order valence-corrected chi connectivity index (χ1v) is 6.38. The molecule has 3 N–H and O–H groups in total. The molecule has 2 aromatic rings. The summed E-state index contributed by atoms with van der Waals surface area (Å²) in [4.78, 5) is 11.4. The lowest BCUT2D eigenvalue weighted by molar-refractivity contribution is 0.187. The van der Waals surface area contributed by atoms with E-state index in [9.17, 15) is 4.79 Å². The molecule has 2 aromatic carbocycles. The minimum atomic E-state index is -0.506. The summed E-state index contributed by atoms with van der Waals surface area (Å²) in [6.45, 7) is 2.02. The monoisotopic (exact) mass is 270 g/mol. The molecular weight excluding hydrogens is 252 g/mol. The van der Waals surface area contributed by atoms with Gasteiger partial charge in [-0.2, -0.15) is 0 Å². The van der Waals surface area contributed by atoms with Gasteiger partial charge in [-0.05, 0) is 24.1 Å². The molecule has 0 bridgehead atoms. The molecule has 104 valence electrons. The lowest BCUT2D eigenvalue weighted by atomic mass is 9.97. The molecule has 0 saturated carbocycles. The van der Waals surface area contributed by atoms with Crippen molar-refractivity contribution in [2.45, 2.75) is 13.0 Å². The van der Waals surface area contributed by atoms with Crippen LogP contribution in [0.25, 0.3) is 0 Å². The highest BCUT2D eigenvalue weighted by Crippen LogP contribution is 2.27. The molecule has 4 nitrogen and oxygen atoms in total. The summed E-state index contributed by atoms with van der Waals surface area (Å²) in [6.07, 6.45) is -0.506. The second-order valence-electron chi connectivity index (χ2n) is 4.60. The number of carbonyl (C=O) groups excluding carboxylic acids is 1. The first-order chi connectivity index (χ1) is 9.61. The third-order valence-corrected chi connectivity index (χ3v) is 3.12. The van der Waals surface area contributed by atoms with Gasteiger partial charge in [0.1, 0.15) is 0 Å². The first kappa shape index (κ1) is 14.1. The van der Waals surface area contributed by atoms with Crippen molar-refractivity contribution in [3.8, 4) is 0 Å². The molecule has 1 atom stereocenters. The van der Waals surface area contributed by atoms with E-state index in [1.807, 2.05) is 55.5 Å². The summed E-state index contributed by atoms with van der Waals surface area (Å²) in [5.74, 6) is 0. The number of hydrogen-bond acceptors (Lipinski definition) is 3. The summed E-state index contributed by atoms with van der Waals surface area (Å²) in [5, 5.41) is 2.68. The molecule has 0 saturated heterocycles. The number of methoxy groups -OCH3 is 1. The molecule has 0 aliphatic rings. The van der Waals surface area contributed by atoms with E-state index >= 15 is 0 Å². The van der Waals surface area contributed by atoms with Crippen LogP contribution in [0.2, 0.25) is 0 Å². The van der Waals surface area contributed by atoms with Crippen LogP contribution in [0.3, 0.4) is 0 Å². The molecule has 4 heteroatoms. The molecule has 1 unspecified atom stereocenters. The quantitative estimate of drug-likeness (QED) is 0.900. The van der Waals surface area contributed by atoms with Crippen molar-refractivity contribution >= 4 is 11.8 Å². The minimum Gasteiger partial charge on any atom is -0.453 e. The van der Waals surface area contributed by atoms with Crippen molar-refractivity contribution < 1.29 is 9.53 Å². The van der Waals surface area contributed by atoms with Crippen LogP contribution in [-0.4, -0.2) is 13.2 Å². The number of benzene rings is 2. The number of anilines is 1. The zero-order valence-electron chi connectivity index (χ0n) is 11.6. The van der Waals surface area contributed by atoms with Crippen LogP contribution in [0.5, 0.6) is 0 Å². The number of carbonyl (C=O) groups is 1. The van der Waals surface area contributed by atoms with Gasteiger partial charge in [0.2, 0.25) is 0 Å². The fourth-order valence-corrected chi connectivity index (χ4v) is 2.09. The van der Waals surface area contributed by atoms with Gasteiger partial charge in [0.25, 0.3) is 0 Å². The number of nitrogens with one attached hydrogen (secondary N) is 1. The van der Waals surface area contributed by atoms with Gasteiger partial charge in [0, 0.05) is 5.69 Å². The predicted octanol–water partition coefficient (Wildman–Crippen LogP) is 3.22. The second-order valence-corrected chi connectivity index (χ2v) is 4.60. The summed E-state index contributed by atoms with van der Waals surface area (Å²) in [6, 6.07) is 15.2. The van der Waals surface area contributed by atoms with Crippen LogP contribution < -0.4 is 11.1 Å². The average molecular weight is 270 g/mol. The molecular formula is C16H18N2O2. The molecule has 1 amide bonds. The predicted molar refractivity (Wildman–Crippen MR) is 79.7 cm³/mol. The number of hydrogen-bond donors (Lipinski definition) is 2. The maximum absolute atomic E-state index is 11.4. The summed E-state index contributed by atoms with van der Waals surface area (Å²) in [5.41, 5.74) is 9.98. The highest BCUT2D eigenvalue weighted by atomic mass is 16.5. The fraction of sp³-hybridized carbons (Fsp3) is 0.188. The molecule has 0 aliphatic carbocycles. The minimum absolute atomic E-state index is 0.303. The highest BCUT2D eigenvalue weighted by molar-refractivity contribution is 5.85. The Balaban J connectivity index is 2.34. The molecule has 0 heterocycles. The van der Waals surface area contributed by atoms with E-state index in [0.29, 0.717) is 5.69 Å². The Kier molecular flexibility index (Phi) is 4.38. The van der Waals surface area contributed by atoms with Gasteiger partial charge in [0.05, 0.1) is 13.2 Å². The van der Waals surface area contributed by atoms with Crippen molar-refractivity contribution in [2.24, 2.45) is 5.73 Å². The topological polar surface area (TPSA) is 64.3 Å². The molecule has 0 radical (unpaired) electrons. The Morgan fingerprint density at radius 1 is 1.20 bits per heavy atom. The SMILES string of the molecule is COC(=O)Nc1ccccc1C(N)c1cccc(C)c1. The van der Waals surface area contributed by atoms with Crippen LogP contribution in [0.1, 0.15) is 22.7 Å². The number of rotatable bonds is 3. The van der Waals surface area contributed by atoms with Gasteiger partial charge < -0.3 is 10.5 Å². The van der Waals surface area contributed by atoms with Crippen LogP contribution >= 0.6 is 0 Å². The fourth-order valence-electron chi connectivity index (χ4n) is 2.09. The third kappa shape index (κ3) is 3.16. The average Bonchev–Trinajstić information content (AvgIpc) is 2.47. The number of para-hydroxylation sites is 1. The number of aryl methyl sites for hydroxylation is 1. The van der Waals surface area contributed by atoms with Gasteiger partial charge in [-0.3, -0.25) is 5.32 Å². The Hall–Kier alpha value is -2.33. The standard InChI is InChI=1S/C16H18N2O2/c1-11-6-5-7-12(10-11)15(17)13-8-3-4-9-14(13)18-16(19)20-2/h3-10,15H,17H2,1-2H3,(H,18,19). The zero-order valence-corrected chi connectivity index (χ0v) is 11.6. The number of amides is 1. The smallest absolute Gasteiger partial charge is 0.411 e. The summed E-state index contributed by atoms with van der Waals surface area (Å²) < 4.78 is 4.62. The number of ether oxygens (including phenoxy) is 1. The van der Waals surface area contributed by atoms with Gasteiger partial charge >= 0.3 is 6.09 Å². The van der Waals surface area contributed by atoms with Crippen molar-refractivity contribution in [3.63, 3.8) is 0 Å². The Labute approximate surface area is 118 Å². The van der Waals surface area contributed by atoms with E-state index < -0.39 is 6.09 Å². The van der Waals surface area contributed by atoms with E-state index in [0.717, 1.165) is 16.7 Å². The van der Waals surface area contributed by atoms with Crippen molar-refractivity contribution in [1.82, 2.24) is 0 Å². The van der Waals surface area contributed by atoms with Crippen LogP contribution in [-0.2, 0) is 4.74 Å². The molecule has 0 spiro atoms. The van der Waals surface area contributed by atoms with Gasteiger partial charge in [-0.15, -0.1) is 0 Å². The molecule has 20 heavy (non-hydrogen) atoms. The van der Waals surface area contributed by atoms with Crippen LogP contribution in [0.15, 0.2) is 48.5 Å². The largest absolute Gasteiger partial charge is 0.453 e. The van der Waals surface area contributed by atoms with E-state index in [2.05, 4.69) is 10.1 Å². The number of nitrogens with two attached hydrogens (primary N) is 1. The summed E-state index contributed by atoms with van der Waals surface area (Å²) >= 11 is 0. The summed E-state index contributed by atoms with van der Waals surface area (Å²) in [7, 11) is 1.33.